The third kappa shape index (κ3) is 3.80. The minimum absolute atomic E-state index is 0.0273. The Bertz CT molecular complexity index is 349. The van der Waals surface area contributed by atoms with Crippen LogP contribution in [0.25, 0.3) is 0 Å². The van der Waals surface area contributed by atoms with Gasteiger partial charge in [-0.25, -0.2) is 0 Å². The van der Waals surface area contributed by atoms with E-state index in [1.807, 2.05) is 0 Å². The smallest absolute Gasteiger partial charge is 0.189 e. The van der Waals surface area contributed by atoms with E-state index in [0.717, 1.165) is 0 Å². The van der Waals surface area contributed by atoms with Crippen LogP contribution in [0.3, 0.4) is 0 Å². The highest BCUT2D eigenvalue weighted by Crippen LogP contribution is 2.28. The first-order valence-corrected chi connectivity index (χ1v) is 7.71. The fraction of sp³-hybridized carbons (Fsp3) is 1.00. The number of rotatable bonds is 4. The van der Waals surface area contributed by atoms with Crippen LogP contribution < -0.4 is 0 Å². The average molecular weight is 358 g/mol. The molecule has 2 aliphatic rings. The van der Waals surface area contributed by atoms with Crippen molar-refractivity contribution in [1.29, 1.82) is 0 Å². The first kappa shape index (κ1) is 19.3. The van der Waals surface area contributed by atoms with Crippen LogP contribution in [-0.2, 0) is 14.2 Å². The molecule has 0 saturated carbocycles. The molecule has 0 bridgehead atoms. The van der Waals surface area contributed by atoms with E-state index in [1.54, 1.807) is 0 Å². The Morgan fingerprint density at radius 3 is 1.57 bits per heavy atom. The zero-order valence-corrected chi connectivity index (χ0v) is 12.9. The lowest BCUT2D eigenvalue weighted by molar-refractivity contribution is -0.373. The normalized spacial score (nSPS) is 51.7. The molecule has 0 aliphatic carbocycles. The van der Waals surface area contributed by atoms with Gasteiger partial charge in [-0.2, -0.15) is 12.6 Å². The third-order valence-electron chi connectivity index (χ3n) is 3.97. The second-order valence-electron chi connectivity index (χ2n) is 5.53. The molecule has 0 aromatic heterocycles. The maximum absolute atomic E-state index is 9.90. The van der Waals surface area contributed by atoms with E-state index in [-0.39, 0.29) is 5.75 Å². The van der Waals surface area contributed by atoms with E-state index in [1.165, 1.54) is 0 Å². The first-order valence-electron chi connectivity index (χ1n) is 7.08. The molecule has 10 nitrogen and oxygen atoms in total. The summed E-state index contributed by atoms with van der Waals surface area (Å²) in [4.78, 5) is 0. The number of hydrogen-bond donors (Lipinski definition) is 8. The summed E-state index contributed by atoms with van der Waals surface area (Å²) in [5.41, 5.74) is 0. The van der Waals surface area contributed by atoms with Crippen LogP contribution in [0.15, 0.2) is 0 Å². The maximum atomic E-state index is 9.90. The van der Waals surface area contributed by atoms with Crippen LogP contribution >= 0.6 is 12.6 Å². The minimum Gasteiger partial charge on any atom is -0.394 e. The number of hydrogen-bond acceptors (Lipinski definition) is 11. The molecule has 0 radical (unpaired) electrons. The zero-order valence-electron chi connectivity index (χ0n) is 12.0. The molecule has 2 fully saturated rings. The summed E-state index contributed by atoms with van der Waals surface area (Å²) in [6.45, 7) is -0.639. The Kier molecular flexibility index (Phi) is 6.61. The fourth-order valence-corrected chi connectivity index (χ4v) is 2.79. The molecular weight excluding hydrogens is 336 g/mol. The van der Waals surface area contributed by atoms with E-state index < -0.39 is 68.0 Å². The first-order chi connectivity index (χ1) is 10.8. The minimum atomic E-state index is -1.68. The van der Waals surface area contributed by atoms with Gasteiger partial charge in [0.15, 0.2) is 12.6 Å². The summed E-state index contributed by atoms with van der Waals surface area (Å²) in [7, 11) is 0. The van der Waals surface area contributed by atoms with Crippen LogP contribution in [0, 0.1) is 0 Å². The quantitative estimate of drug-likeness (QED) is 0.229. The van der Waals surface area contributed by atoms with Crippen LogP contribution in [0.1, 0.15) is 0 Å². The molecule has 2 heterocycles. The van der Waals surface area contributed by atoms with Gasteiger partial charge < -0.3 is 50.0 Å². The molecule has 0 aromatic carbocycles. The van der Waals surface area contributed by atoms with Gasteiger partial charge in [0.1, 0.15) is 42.7 Å². The second kappa shape index (κ2) is 7.89. The molecule has 2 rings (SSSR count). The second-order valence-corrected chi connectivity index (χ2v) is 5.90. The van der Waals surface area contributed by atoms with Crippen molar-refractivity contribution in [1.82, 2.24) is 0 Å². The highest BCUT2D eigenvalue weighted by Gasteiger charge is 2.49. The molecule has 11 heteroatoms. The molecule has 7 N–H and O–H groups in total. The van der Waals surface area contributed by atoms with Gasteiger partial charge in [-0.3, -0.25) is 0 Å². The standard InChI is InChI=1S/C12H22O10S/c13-1-3-5(14)7(16)9(18)11(20-3)22-12-10(19)8(17)6(15)4(2-23)21-12/h3-19,23H,1-2H2/t3-,4-,5-,6-,7+,8+,9-,10-,11-,12-/m1/s1. The van der Waals surface area contributed by atoms with Crippen molar-refractivity contribution in [2.75, 3.05) is 12.4 Å². The van der Waals surface area contributed by atoms with E-state index in [4.69, 9.17) is 19.3 Å². The molecule has 136 valence electrons. The molecule has 0 aromatic rings. The van der Waals surface area contributed by atoms with Crippen LogP contribution in [-0.4, -0.2) is 110 Å². The van der Waals surface area contributed by atoms with Crippen molar-refractivity contribution >= 4 is 12.6 Å². The molecular formula is C12H22O10S. The lowest BCUT2D eigenvalue weighted by Crippen LogP contribution is -2.63. The van der Waals surface area contributed by atoms with Crippen LogP contribution in [0.5, 0.6) is 0 Å². The fourth-order valence-electron chi connectivity index (χ4n) is 2.49. The Labute approximate surface area is 137 Å². The number of thiol groups is 1. The molecule has 0 spiro atoms. The third-order valence-corrected chi connectivity index (χ3v) is 4.33. The molecule has 2 saturated heterocycles. The van der Waals surface area contributed by atoms with Crippen molar-refractivity contribution in [3.05, 3.63) is 0 Å². The molecule has 2 aliphatic heterocycles. The predicted octanol–water partition coefficient (Wildman–Crippen LogP) is -4.46. The maximum Gasteiger partial charge on any atom is 0.189 e. The van der Waals surface area contributed by atoms with Gasteiger partial charge in [0.05, 0.1) is 12.7 Å². The topological polar surface area (TPSA) is 169 Å². The predicted molar refractivity (Wildman–Crippen MR) is 75.4 cm³/mol. The Morgan fingerprint density at radius 1 is 0.696 bits per heavy atom. The monoisotopic (exact) mass is 358 g/mol. The highest BCUT2D eigenvalue weighted by molar-refractivity contribution is 7.80. The van der Waals surface area contributed by atoms with Gasteiger partial charge in [0.25, 0.3) is 0 Å². The summed E-state index contributed by atoms with van der Waals surface area (Å²) in [5, 5.41) is 67.7. The number of aliphatic hydroxyl groups excluding tert-OH is 7. The van der Waals surface area contributed by atoms with Gasteiger partial charge in [-0.15, -0.1) is 0 Å². The van der Waals surface area contributed by atoms with Crippen LogP contribution in [0.2, 0.25) is 0 Å². The largest absolute Gasteiger partial charge is 0.394 e. The summed E-state index contributed by atoms with van der Waals surface area (Å²) < 4.78 is 15.6. The van der Waals surface area contributed by atoms with Crippen molar-refractivity contribution in [2.45, 2.75) is 61.4 Å². The Hall–Kier alpha value is -0.0500. The summed E-state index contributed by atoms with van der Waals surface area (Å²) in [6.07, 6.45) is -14.6. The van der Waals surface area contributed by atoms with Crippen molar-refractivity contribution in [2.24, 2.45) is 0 Å². The van der Waals surface area contributed by atoms with Gasteiger partial charge in [-0.05, 0) is 0 Å². The Balaban J connectivity index is 2.07. The summed E-state index contributed by atoms with van der Waals surface area (Å²) in [5.74, 6) is 0.0273. The SMILES string of the molecule is OC[C@H]1O[C@H](O[C@H]2O[C@H](CS)[C@@H](O)[C@H](O)[C@H]2O)[C@H](O)[C@@H](O)[C@@H]1O. The van der Waals surface area contributed by atoms with Crippen LogP contribution in [0.4, 0.5) is 0 Å². The number of aliphatic hydroxyl groups is 7. The zero-order chi connectivity index (χ0) is 17.3. The van der Waals surface area contributed by atoms with E-state index in [9.17, 15) is 30.6 Å². The van der Waals surface area contributed by atoms with Gasteiger partial charge >= 0.3 is 0 Å². The molecule has 0 amide bonds. The molecule has 0 unspecified atom stereocenters. The lowest BCUT2D eigenvalue weighted by atomic mass is 9.98. The molecule has 23 heavy (non-hydrogen) atoms. The van der Waals surface area contributed by atoms with E-state index in [0.29, 0.717) is 0 Å². The number of ether oxygens (including phenoxy) is 3. The van der Waals surface area contributed by atoms with E-state index >= 15 is 0 Å². The molecule has 10 atom stereocenters. The van der Waals surface area contributed by atoms with Crippen molar-refractivity contribution in [3.8, 4) is 0 Å². The van der Waals surface area contributed by atoms with Gasteiger partial charge in [-0.1, -0.05) is 0 Å². The van der Waals surface area contributed by atoms with Crippen molar-refractivity contribution < 1.29 is 50.0 Å². The average Bonchev–Trinajstić information content (AvgIpc) is 2.55. The van der Waals surface area contributed by atoms with Crippen molar-refractivity contribution in [3.63, 3.8) is 0 Å². The summed E-state index contributed by atoms with van der Waals surface area (Å²) in [6, 6.07) is 0. The van der Waals surface area contributed by atoms with Gasteiger partial charge in [0.2, 0.25) is 0 Å². The van der Waals surface area contributed by atoms with Gasteiger partial charge in [0, 0.05) is 5.75 Å². The highest BCUT2D eigenvalue weighted by atomic mass is 32.1. The van der Waals surface area contributed by atoms with E-state index in [2.05, 4.69) is 12.6 Å². The Morgan fingerprint density at radius 2 is 1.13 bits per heavy atom. The lowest BCUT2D eigenvalue weighted by Gasteiger charge is -2.44. The summed E-state index contributed by atoms with van der Waals surface area (Å²) >= 11 is 3.95.